The van der Waals surface area contributed by atoms with Gasteiger partial charge in [0.1, 0.15) is 23.4 Å². The van der Waals surface area contributed by atoms with Gasteiger partial charge in [-0.3, -0.25) is 9.88 Å². The van der Waals surface area contributed by atoms with Crippen LogP contribution in [0, 0.1) is 5.82 Å². The van der Waals surface area contributed by atoms with Crippen molar-refractivity contribution < 1.29 is 27.0 Å². The first-order chi connectivity index (χ1) is 21.6. The molecule has 5 aromatic rings. The molecular weight excluding hydrogens is 594 g/mol. The van der Waals surface area contributed by atoms with Crippen LogP contribution in [0.25, 0.3) is 16.9 Å². The molecular formula is C30H31F4N9O2. The summed E-state index contributed by atoms with van der Waals surface area (Å²) in [5, 5.41) is 8.36. The van der Waals surface area contributed by atoms with Gasteiger partial charge in [-0.25, -0.2) is 13.8 Å². The van der Waals surface area contributed by atoms with Gasteiger partial charge in [0.2, 0.25) is 0 Å². The minimum absolute atomic E-state index is 0.0682. The van der Waals surface area contributed by atoms with Gasteiger partial charge in [-0.05, 0) is 56.5 Å². The Morgan fingerprint density at radius 3 is 2.56 bits per heavy atom. The zero-order valence-electron chi connectivity index (χ0n) is 24.6. The largest absolute Gasteiger partial charge is 0.573 e. The second-order valence-corrected chi connectivity index (χ2v) is 11.6. The summed E-state index contributed by atoms with van der Waals surface area (Å²) in [6, 6.07) is 8.26. The zero-order chi connectivity index (χ0) is 31.3. The molecule has 0 saturated carbocycles. The Balaban J connectivity index is 1.22. The van der Waals surface area contributed by atoms with Crippen molar-refractivity contribution in [2.75, 3.05) is 24.6 Å². The Morgan fingerprint density at radius 2 is 1.84 bits per heavy atom. The lowest BCUT2D eigenvalue weighted by atomic mass is 9.96. The molecule has 2 fully saturated rings. The number of pyridine rings is 1. The Labute approximate surface area is 255 Å². The van der Waals surface area contributed by atoms with Crippen molar-refractivity contribution in [2.24, 2.45) is 0 Å². The number of imidazole rings is 1. The third kappa shape index (κ3) is 5.77. The number of ether oxygens (including phenoxy) is 2. The van der Waals surface area contributed by atoms with Crippen molar-refractivity contribution in [1.82, 2.24) is 39.0 Å². The number of hydrogen-bond acceptors (Lipinski definition) is 9. The number of rotatable bonds is 7. The van der Waals surface area contributed by atoms with Crippen LogP contribution < -0.4 is 9.64 Å². The maximum atomic E-state index is 13.9. The number of anilines is 1. The molecule has 4 atom stereocenters. The molecule has 236 valence electrons. The number of hydrogen-bond donors (Lipinski definition) is 0. The van der Waals surface area contributed by atoms with E-state index >= 15 is 0 Å². The van der Waals surface area contributed by atoms with E-state index in [0.29, 0.717) is 36.9 Å². The normalized spacial score (nSPS) is 22.0. The first-order valence-corrected chi connectivity index (χ1v) is 14.8. The highest BCUT2D eigenvalue weighted by atomic mass is 19.4. The smallest absolute Gasteiger partial charge is 0.404 e. The summed E-state index contributed by atoms with van der Waals surface area (Å²) in [5.74, 6) is 0.362. The van der Waals surface area contributed by atoms with E-state index < -0.39 is 18.2 Å². The van der Waals surface area contributed by atoms with E-state index in [-0.39, 0.29) is 24.0 Å². The van der Waals surface area contributed by atoms with Crippen molar-refractivity contribution in [1.29, 1.82) is 0 Å². The molecule has 4 aromatic heterocycles. The quantitative estimate of drug-likeness (QED) is 0.237. The average molecular weight is 626 g/mol. The van der Waals surface area contributed by atoms with Crippen molar-refractivity contribution >= 4 is 22.8 Å². The van der Waals surface area contributed by atoms with Gasteiger partial charge in [-0.15, -0.1) is 23.4 Å². The molecule has 7 rings (SSSR count). The van der Waals surface area contributed by atoms with Crippen LogP contribution in [0.1, 0.15) is 44.0 Å². The summed E-state index contributed by atoms with van der Waals surface area (Å²) in [7, 11) is 0. The fourth-order valence-corrected chi connectivity index (χ4v) is 6.46. The Hall–Kier alpha value is -4.37. The first kappa shape index (κ1) is 29.3. The van der Waals surface area contributed by atoms with Gasteiger partial charge < -0.3 is 18.9 Å². The van der Waals surface area contributed by atoms with E-state index in [4.69, 9.17) is 14.7 Å². The predicted octanol–water partition coefficient (Wildman–Crippen LogP) is 4.77. The van der Waals surface area contributed by atoms with Gasteiger partial charge in [0, 0.05) is 31.8 Å². The second kappa shape index (κ2) is 11.5. The number of halogens is 4. The molecule has 0 radical (unpaired) electrons. The molecule has 2 aliphatic rings. The summed E-state index contributed by atoms with van der Waals surface area (Å²) < 4.78 is 66.2. The topological polar surface area (TPSA) is 98.7 Å². The Morgan fingerprint density at radius 1 is 1.02 bits per heavy atom. The molecule has 45 heavy (non-hydrogen) atoms. The molecule has 1 aromatic carbocycles. The highest BCUT2D eigenvalue weighted by Gasteiger charge is 2.38. The van der Waals surface area contributed by atoms with Gasteiger partial charge in [0.15, 0.2) is 11.5 Å². The summed E-state index contributed by atoms with van der Waals surface area (Å²) in [4.78, 5) is 18.5. The van der Waals surface area contributed by atoms with E-state index in [2.05, 4.69) is 48.1 Å². The van der Waals surface area contributed by atoms with Crippen LogP contribution in [0.3, 0.4) is 0 Å². The lowest BCUT2D eigenvalue weighted by molar-refractivity contribution is -0.274. The lowest BCUT2D eigenvalue weighted by Gasteiger charge is -2.47. The van der Waals surface area contributed by atoms with E-state index in [0.717, 1.165) is 42.4 Å². The van der Waals surface area contributed by atoms with Crippen LogP contribution in [-0.2, 0) is 11.3 Å². The molecule has 2 saturated heterocycles. The Bertz CT molecular complexity index is 1790. The van der Waals surface area contributed by atoms with E-state index in [1.54, 1.807) is 18.5 Å². The number of alkyl halides is 3. The van der Waals surface area contributed by atoms with Gasteiger partial charge >= 0.3 is 6.36 Å². The van der Waals surface area contributed by atoms with Crippen LogP contribution in [0.15, 0.2) is 55.2 Å². The number of aromatic nitrogens is 7. The van der Waals surface area contributed by atoms with Gasteiger partial charge in [0.05, 0.1) is 36.9 Å². The van der Waals surface area contributed by atoms with E-state index in [9.17, 15) is 17.6 Å². The first-order valence-electron chi connectivity index (χ1n) is 14.8. The monoisotopic (exact) mass is 625 g/mol. The highest BCUT2D eigenvalue weighted by Crippen LogP contribution is 2.36. The minimum atomic E-state index is -4.82. The van der Waals surface area contributed by atoms with Gasteiger partial charge in [-0.1, -0.05) is 12.1 Å². The average Bonchev–Trinajstić information content (AvgIpc) is 3.77. The maximum absolute atomic E-state index is 13.9. The van der Waals surface area contributed by atoms with E-state index in [1.807, 2.05) is 10.7 Å². The van der Waals surface area contributed by atoms with Gasteiger partial charge in [-0.2, -0.15) is 4.98 Å². The molecule has 0 bridgehead atoms. The fraction of sp³-hybridized carbons (Fsp3) is 0.433. The lowest BCUT2D eigenvalue weighted by Crippen LogP contribution is -2.57. The third-order valence-corrected chi connectivity index (χ3v) is 8.51. The molecule has 6 heterocycles. The van der Waals surface area contributed by atoms with Crippen molar-refractivity contribution in [2.45, 2.75) is 63.8 Å². The summed E-state index contributed by atoms with van der Waals surface area (Å²) in [6.07, 6.45) is 1.81. The van der Waals surface area contributed by atoms with Crippen LogP contribution >= 0.6 is 0 Å². The van der Waals surface area contributed by atoms with Crippen LogP contribution in [0.4, 0.5) is 23.4 Å². The number of piperazine rings is 1. The van der Waals surface area contributed by atoms with Crippen molar-refractivity contribution in [3.63, 3.8) is 0 Å². The number of fused-ring (bicyclic) bond motifs is 3. The SMILES string of the molecule is C[C@@H]1CN(c2nc3nncn3c3c2ncn3CC2CCCO2)[C@@H](C)CN1[C@H](c1ccc(F)cc1)c1ccc(OC(F)(F)F)cn1. The third-order valence-electron chi connectivity index (χ3n) is 8.51. The maximum Gasteiger partial charge on any atom is 0.573 e. The second-order valence-electron chi connectivity index (χ2n) is 11.6. The molecule has 0 N–H and O–H groups in total. The zero-order valence-corrected chi connectivity index (χ0v) is 24.6. The molecule has 2 aliphatic heterocycles. The fourth-order valence-electron chi connectivity index (χ4n) is 6.46. The van der Waals surface area contributed by atoms with Crippen LogP contribution in [0.5, 0.6) is 5.75 Å². The predicted molar refractivity (Wildman–Crippen MR) is 155 cm³/mol. The standard InChI is InChI=1S/C30H31F4N9O2/c1-18-14-42(27-25-28(43-17-37-39-29(43)38-27)40(16-36-25)15-23-4-3-11-44-23)19(2)13-41(18)26(20-5-7-21(31)8-6-20)24-10-9-22(12-35-24)45-30(32,33)34/h5-10,12,16-19,23,26H,3-4,11,13-15H2,1-2H3/t18-,19+,23?,26-/m1/s1. The molecule has 1 unspecified atom stereocenters. The molecule has 0 spiro atoms. The summed E-state index contributed by atoms with van der Waals surface area (Å²) >= 11 is 0. The van der Waals surface area contributed by atoms with Gasteiger partial charge in [0.25, 0.3) is 5.78 Å². The van der Waals surface area contributed by atoms with E-state index in [1.165, 1.54) is 24.3 Å². The van der Waals surface area contributed by atoms with Crippen LogP contribution in [0.2, 0.25) is 0 Å². The summed E-state index contributed by atoms with van der Waals surface area (Å²) in [5.41, 5.74) is 2.85. The minimum Gasteiger partial charge on any atom is -0.404 e. The number of nitrogens with zero attached hydrogens (tertiary/aromatic N) is 9. The van der Waals surface area contributed by atoms with Crippen molar-refractivity contribution in [3.8, 4) is 5.75 Å². The molecule has 0 aliphatic carbocycles. The van der Waals surface area contributed by atoms with Crippen LogP contribution in [-0.4, -0.2) is 83.3 Å². The molecule has 0 amide bonds. The summed E-state index contributed by atoms with van der Waals surface area (Å²) in [6.45, 7) is 6.67. The number of benzene rings is 1. The highest BCUT2D eigenvalue weighted by molar-refractivity contribution is 5.86. The molecule has 11 nitrogen and oxygen atoms in total. The van der Waals surface area contributed by atoms with Crippen molar-refractivity contribution in [3.05, 3.63) is 72.3 Å². The molecule has 15 heteroatoms. The Kier molecular flexibility index (Phi) is 7.52.